The molecule has 0 aromatic heterocycles. The van der Waals surface area contributed by atoms with Gasteiger partial charge in [-0.2, -0.15) is 0 Å². The monoisotopic (exact) mass is 340 g/mol. The van der Waals surface area contributed by atoms with Crippen LogP contribution in [0.5, 0.6) is 0 Å². The second kappa shape index (κ2) is 6.93. The van der Waals surface area contributed by atoms with Crippen molar-refractivity contribution in [3.63, 3.8) is 0 Å². The Morgan fingerprint density at radius 2 is 1.76 bits per heavy atom. The van der Waals surface area contributed by atoms with Gasteiger partial charge in [-0.3, -0.25) is 0 Å². The van der Waals surface area contributed by atoms with Crippen LogP contribution in [0.15, 0.2) is 0 Å². The van der Waals surface area contributed by atoms with Crippen molar-refractivity contribution in [2.24, 2.45) is 11.1 Å². The van der Waals surface area contributed by atoms with Crippen molar-refractivity contribution in [3.05, 3.63) is 0 Å². The Hall–Kier alpha value is -0.180. The largest absolute Gasteiger partial charge is 0.330 e. The molecule has 6 nitrogen and oxygen atoms in total. The summed E-state index contributed by atoms with van der Waals surface area (Å²) in [4.78, 5) is 0. The number of hydrogen-bond acceptors (Lipinski definition) is 5. The van der Waals surface area contributed by atoms with Crippen molar-refractivity contribution in [2.75, 3.05) is 31.1 Å². The number of hydrogen-bond donors (Lipinski definition) is 1. The smallest absolute Gasteiger partial charge is 0.217 e. The van der Waals surface area contributed by atoms with Crippen LogP contribution in [0.1, 0.15) is 40.0 Å². The Morgan fingerprint density at radius 1 is 1.24 bits per heavy atom. The van der Waals surface area contributed by atoms with Gasteiger partial charge < -0.3 is 5.73 Å². The van der Waals surface area contributed by atoms with E-state index in [1.807, 2.05) is 20.8 Å². The van der Waals surface area contributed by atoms with Crippen LogP contribution in [0.25, 0.3) is 0 Å². The summed E-state index contributed by atoms with van der Waals surface area (Å²) >= 11 is 0. The zero-order valence-electron chi connectivity index (χ0n) is 13.2. The van der Waals surface area contributed by atoms with E-state index in [2.05, 4.69) is 0 Å². The lowest BCUT2D eigenvalue weighted by Gasteiger charge is -2.34. The number of sulfonamides is 1. The highest BCUT2D eigenvalue weighted by molar-refractivity contribution is 7.92. The fourth-order valence-electron chi connectivity index (χ4n) is 2.46. The molecule has 0 saturated carbocycles. The highest BCUT2D eigenvalue weighted by atomic mass is 32.2. The minimum absolute atomic E-state index is 0.0306. The molecule has 1 rings (SSSR count). The molecule has 0 radical (unpaired) electrons. The third-order valence-corrected chi connectivity index (χ3v) is 7.97. The normalized spacial score (nSPS) is 20.8. The molecule has 1 aliphatic rings. The first kappa shape index (κ1) is 18.9. The van der Waals surface area contributed by atoms with Crippen LogP contribution in [-0.2, 0) is 19.9 Å². The molecule has 0 bridgehead atoms. The van der Waals surface area contributed by atoms with Crippen LogP contribution in [-0.4, -0.2) is 57.5 Å². The summed E-state index contributed by atoms with van der Waals surface area (Å²) in [5.41, 5.74) is 5.42. The van der Waals surface area contributed by atoms with Crippen LogP contribution < -0.4 is 5.73 Å². The van der Waals surface area contributed by atoms with Gasteiger partial charge in [0.05, 0.1) is 16.8 Å². The van der Waals surface area contributed by atoms with E-state index in [-0.39, 0.29) is 29.8 Å². The molecule has 1 saturated heterocycles. The fraction of sp³-hybridized carbons (Fsp3) is 1.00. The number of rotatable bonds is 7. The summed E-state index contributed by atoms with van der Waals surface area (Å²) in [6.45, 7) is 7.05. The second-order valence-corrected chi connectivity index (χ2v) is 11.1. The van der Waals surface area contributed by atoms with Crippen LogP contribution in [0.2, 0.25) is 0 Å². The summed E-state index contributed by atoms with van der Waals surface area (Å²) in [5.74, 6) is -0.0612. The van der Waals surface area contributed by atoms with E-state index in [1.54, 1.807) is 0 Å². The predicted molar refractivity (Wildman–Crippen MR) is 85.3 cm³/mol. The highest BCUT2D eigenvalue weighted by Crippen LogP contribution is 2.25. The van der Waals surface area contributed by atoms with E-state index in [4.69, 9.17) is 5.73 Å². The average Bonchev–Trinajstić information content (AvgIpc) is 2.37. The second-order valence-electron chi connectivity index (χ2n) is 6.60. The molecule has 0 atom stereocenters. The molecule has 0 amide bonds. The van der Waals surface area contributed by atoms with Gasteiger partial charge in [0.25, 0.3) is 0 Å². The fourth-order valence-corrected chi connectivity index (χ4v) is 6.47. The van der Waals surface area contributed by atoms with E-state index >= 15 is 0 Å². The molecule has 1 heterocycles. The van der Waals surface area contributed by atoms with Crippen molar-refractivity contribution in [1.29, 1.82) is 0 Å². The molecule has 2 N–H and O–H groups in total. The zero-order chi connectivity index (χ0) is 16.3. The standard InChI is InChI=1S/C13H28N2O4S2/c1-4-7-15(11-13(2,3)10-14)21(18,19)12-5-8-20(16,17)9-6-12/h12H,4-11,14H2,1-3H3. The molecule has 0 spiro atoms. The number of nitrogens with two attached hydrogens (primary N) is 1. The third-order valence-electron chi connectivity index (χ3n) is 3.91. The van der Waals surface area contributed by atoms with Crippen LogP contribution in [0.4, 0.5) is 0 Å². The molecule has 0 aromatic rings. The first-order chi connectivity index (χ1) is 9.54. The molecule has 1 aliphatic heterocycles. The molecular weight excluding hydrogens is 312 g/mol. The number of sulfone groups is 1. The molecule has 0 unspecified atom stereocenters. The van der Waals surface area contributed by atoms with Gasteiger partial charge in [-0.1, -0.05) is 20.8 Å². The zero-order valence-corrected chi connectivity index (χ0v) is 14.8. The van der Waals surface area contributed by atoms with Crippen LogP contribution in [0.3, 0.4) is 0 Å². The topological polar surface area (TPSA) is 97.5 Å². The van der Waals surface area contributed by atoms with Gasteiger partial charge in [-0.25, -0.2) is 21.1 Å². The Morgan fingerprint density at radius 3 is 2.19 bits per heavy atom. The maximum Gasteiger partial charge on any atom is 0.217 e. The van der Waals surface area contributed by atoms with Crippen molar-refractivity contribution < 1.29 is 16.8 Å². The first-order valence-electron chi connectivity index (χ1n) is 7.43. The molecule has 1 fully saturated rings. The highest BCUT2D eigenvalue weighted by Gasteiger charge is 2.38. The van der Waals surface area contributed by atoms with E-state index in [0.717, 1.165) is 6.42 Å². The summed E-state index contributed by atoms with van der Waals surface area (Å²) < 4.78 is 50.0. The van der Waals surface area contributed by atoms with Crippen molar-refractivity contribution >= 4 is 19.9 Å². The van der Waals surface area contributed by atoms with E-state index in [9.17, 15) is 16.8 Å². The Bertz CT molecular complexity index is 527. The van der Waals surface area contributed by atoms with Gasteiger partial charge in [-0.05, 0) is 31.2 Å². The van der Waals surface area contributed by atoms with Gasteiger partial charge in [-0.15, -0.1) is 0 Å². The Balaban J connectivity index is 2.90. The molecule has 8 heteroatoms. The minimum atomic E-state index is -3.47. The molecule has 0 aliphatic carbocycles. The predicted octanol–water partition coefficient (Wildman–Crippen LogP) is 0.590. The van der Waals surface area contributed by atoms with Gasteiger partial charge in [0.15, 0.2) is 0 Å². The van der Waals surface area contributed by atoms with Crippen molar-refractivity contribution in [1.82, 2.24) is 4.31 Å². The van der Waals surface area contributed by atoms with Crippen molar-refractivity contribution in [2.45, 2.75) is 45.3 Å². The lowest BCUT2D eigenvalue weighted by atomic mass is 9.94. The first-order valence-corrected chi connectivity index (χ1v) is 10.8. The summed E-state index contributed by atoms with van der Waals surface area (Å²) in [7, 11) is -6.52. The number of nitrogens with zero attached hydrogens (tertiary/aromatic N) is 1. The molecule has 126 valence electrons. The minimum Gasteiger partial charge on any atom is -0.330 e. The van der Waals surface area contributed by atoms with Crippen LogP contribution in [0, 0.1) is 5.41 Å². The van der Waals surface area contributed by atoms with Crippen molar-refractivity contribution in [3.8, 4) is 0 Å². The van der Waals surface area contributed by atoms with E-state index in [0.29, 0.717) is 19.6 Å². The molecule has 21 heavy (non-hydrogen) atoms. The lowest BCUT2D eigenvalue weighted by Crippen LogP contribution is -2.47. The Kier molecular flexibility index (Phi) is 6.23. The average molecular weight is 341 g/mol. The molecular formula is C13H28N2O4S2. The summed E-state index contributed by atoms with van der Waals surface area (Å²) in [6, 6.07) is 0. The Labute approximate surface area is 129 Å². The molecule has 0 aromatic carbocycles. The van der Waals surface area contributed by atoms with Gasteiger partial charge in [0.2, 0.25) is 10.0 Å². The van der Waals surface area contributed by atoms with Gasteiger partial charge in [0, 0.05) is 13.1 Å². The van der Waals surface area contributed by atoms with E-state index < -0.39 is 25.1 Å². The lowest BCUT2D eigenvalue weighted by molar-refractivity contribution is 0.264. The van der Waals surface area contributed by atoms with Gasteiger partial charge in [0.1, 0.15) is 9.84 Å². The van der Waals surface area contributed by atoms with E-state index in [1.165, 1.54) is 4.31 Å². The third kappa shape index (κ3) is 5.19. The maximum atomic E-state index is 12.8. The quantitative estimate of drug-likeness (QED) is 0.731. The SMILES string of the molecule is CCCN(CC(C)(C)CN)S(=O)(=O)C1CCS(=O)(=O)CC1. The van der Waals surface area contributed by atoms with Gasteiger partial charge >= 0.3 is 0 Å². The summed E-state index contributed by atoms with van der Waals surface area (Å²) in [6.07, 6.45) is 1.13. The van der Waals surface area contributed by atoms with Crippen LogP contribution >= 0.6 is 0 Å². The summed E-state index contributed by atoms with van der Waals surface area (Å²) in [5, 5.41) is -0.582. The maximum absolute atomic E-state index is 12.8.